The van der Waals surface area contributed by atoms with E-state index in [0.717, 1.165) is 17.8 Å². The molecule has 1 aromatic heterocycles. The lowest BCUT2D eigenvalue weighted by Crippen LogP contribution is -2.37. The number of likely N-dealkylation sites (N-methyl/N-ethyl adjacent to an activating group) is 1. The number of sulfonamides is 1. The van der Waals surface area contributed by atoms with E-state index < -0.39 is 10.0 Å². The lowest BCUT2D eigenvalue weighted by Gasteiger charge is -2.22. The van der Waals surface area contributed by atoms with Crippen molar-refractivity contribution < 1.29 is 8.42 Å². The number of nitrogens with zero attached hydrogens (tertiary/aromatic N) is 3. The maximum atomic E-state index is 12.6. The summed E-state index contributed by atoms with van der Waals surface area (Å²) in [5.41, 5.74) is 0.473. The van der Waals surface area contributed by atoms with Crippen molar-refractivity contribution in [2.75, 3.05) is 33.7 Å². The summed E-state index contributed by atoms with van der Waals surface area (Å²) in [4.78, 5) is 5.95. The van der Waals surface area contributed by atoms with Crippen molar-refractivity contribution in [1.82, 2.24) is 14.2 Å². The smallest absolute Gasteiger partial charge is 0.254 e. The molecule has 110 valence electrons. The van der Waals surface area contributed by atoms with Crippen LogP contribution in [0.2, 0.25) is 4.47 Å². The minimum absolute atomic E-state index is 0.254. The second kappa shape index (κ2) is 6.99. The van der Waals surface area contributed by atoms with E-state index in [9.17, 15) is 8.42 Å². The number of aryl methyl sites for hydroxylation is 1. The molecule has 0 aliphatic rings. The molecule has 0 atom stereocenters. The highest BCUT2D eigenvalue weighted by molar-refractivity contribution is 7.91. The molecule has 0 amide bonds. The molecule has 19 heavy (non-hydrogen) atoms. The maximum absolute atomic E-state index is 12.6. The summed E-state index contributed by atoms with van der Waals surface area (Å²) in [7, 11) is 0.354. The molecule has 0 aliphatic heterocycles. The van der Waals surface area contributed by atoms with E-state index >= 15 is 0 Å². The number of halogens is 1. The zero-order valence-electron chi connectivity index (χ0n) is 11.7. The Labute approximate surface area is 124 Å². The van der Waals surface area contributed by atoms with Gasteiger partial charge in [-0.3, -0.25) is 0 Å². The fourth-order valence-electron chi connectivity index (χ4n) is 1.62. The molecular weight excluding hydrogens is 306 g/mol. The molecular formula is C11H20ClN3O2S2. The molecule has 8 heteroatoms. The van der Waals surface area contributed by atoms with Crippen molar-refractivity contribution in [1.29, 1.82) is 0 Å². The quantitative estimate of drug-likeness (QED) is 0.770. The van der Waals surface area contributed by atoms with E-state index in [4.69, 9.17) is 11.6 Å². The highest BCUT2D eigenvalue weighted by Crippen LogP contribution is 2.29. The minimum Gasteiger partial charge on any atom is -0.308 e. The fraction of sp³-hybridized carbons (Fsp3) is 0.727. The summed E-state index contributed by atoms with van der Waals surface area (Å²) in [5.74, 6) is 0. The van der Waals surface area contributed by atoms with Crippen molar-refractivity contribution in [3.63, 3.8) is 0 Å². The van der Waals surface area contributed by atoms with E-state index in [1.807, 2.05) is 25.9 Å². The third kappa shape index (κ3) is 4.39. The molecule has 0 unspecified atom stereocenters. The molecule has 1 heterocycles. The zero-order chi connectivity index (χ0) is 14.6. The van der Waals surface area contributed by atoms with Crippen LogP contribution in [0.4, 0.5) is 0 Å². The molecule has 0 saturated carbocycles. The van der Waals surface area contributed by atoms with Crippen LogP contribution < -0.4 is 0 Å². The number of hydrogen-bond donors (Lipinski definition) is 0. The van der Waals surface area contributed by atoms with E-state index in [-0.39, 0.29) is 8.68 Å². The second-order valence-electron chi connectivity index (χ2n) is 4.55. The lowest BCUT2D eigenvalue weighted by molar-refractivity contribution is 0.333. The molecule has 0 aromatic carbocycles. The molecule has 0 radical (unpaired) electrons. The summed E-state index contributed by atoms with van der Waals surface area (Å²) in [6.45, 7) is 5.30. The molecule has 0 bridgehead atoms. The van der Waals surface area contributed by atoms with Gasteiger partial charge in [0.15, 0.2) is 8.68 Å². The van der Waals surface area contributed by atoms with Crippen molar-refractivity contribution >= 4 is 33.0 Å². The van der Waals surface area contributed by atoms with Crippen molar-refractivity contribution in [3.8, 4) is 0 Å². The van der Waals surface area contributed by atoms with Gasteiger partial charge in [0.25, 0.3) is 10.0 Å². The first kappa shape index (κ1) is 16.8. The molecule has 0 saturated heterocycles. The van der Waals surface area contributed by atoms with Crippen LogP contribution in [0, 0.1) is 6.92 Å². The highest BCUT2D eigenvalue weighted by Gasteiger charge is 2.28. The summed E-state index contributed by atoms with van der Waals surface area (Å²) in [6, 6.07) is 0. The SMILES string of the molecule is CCCN(CCN(C)C)S(=O)(=O)c1sc(Cl)nc1C. The van der Waals surface area contributed by atoms with Gasteiger partial charge < -0.3 is 4.90 Å². The van der Waals surface area contributed by atoms with Crippen LogP contribution in [0.15, 0.2) is 4.21 Å². The first-order chi connectivity index (χ1) is 8.78. The molecule has 1 aromatic rings. The monoisotopic (exact) mass is 325 g/mol. The Hall–Kier alpha value is -0.210. The average Bonchev–Trinajstić information content (AvgIpc) is 2.64. The van der Waals surface area contributed by atoms with Gasteiger partial charge in [0, 0.05) is 19.6 Å². The van der Waals surface area contributed by atoms with Gasteiger partial charge >= 0.3 is 0 Å². The Morgan fingerprint density at radius 1 is 1.26 bits per heavy atom. The van der Waals surface area contributed by atoms with E-state index in [1.165, 1.54) is 4.31 Å². The number of aromatic nitrogens is 1. The summed E-state index contributed by atoms with van der Waals surface area (Å²) < 4.78 is 27.2. The number of hydrogen-bond acceptors (Lipinski definition) is 5. The topological polar surface area (TPSA) is 53.5 Å². The van der Waals surface area contributed by atoms with Gasteiger partial charge in [0.2, 0.25) is 0 Å². The van der Waals surface area contributed by atoms with Crippen molar-refractivity contribution in [2.45, 2.75) is 24.5 Å². The minimum atomic E-state index is -3.49. The first-order valence-corrected chi connectivity index (χ1v) is 8.70. The van der Waals surface area contributed by atoms with Gasteiger partial charge in [-0.25, -0.2) is 13.4 Å². The summed E-state index contributed by atoms with van der Waals surface area (Å²) >= 11 is 6.82. The fourth-order valence-corrected chi connectivity index (χ4v) is 5.02. The van der Waals surface area contributed by atoms with Crippen LogP contribution >= 0.6 is 22.9 Å². The Bertz CT molecular complexity index is 514. The highest BCUT2D eigenvalue weighted by atomic mass is 35.5. The third-order valence-corrected chi connectivity index (χ3v) is 6.32. The second-order valence-corrected chi connectivity index (χ2v) is 8.26. The van der Waals surface area contributed by atoms with E-state index in [2.05, 4.69) is 4.98 Å². The molecule has 1 rings (SSSR count). The predicted molar refractivity (Wildman–Crippen MR) is 79.5 cm³/mol. The van der Waals surface area contributed by atoms with Crippen LogP contribution in [0.1, 0.15) is 19.0 Å². The van der Waals surface area contributed by atoms with Gasteiger partial charge in [0.05, 0.1) is 5.69 Å². The number of thiazole rings is 1. The van der Waals surface area contributed by atoms with Gasteiger partial charge in [-0.2, -0.15) is 4.31 Å². The summed E-state index contributed by atoms with van der Waals surface area (Å²) in [5, 5.41) is 0. The standard InChI is InChI=1S/C11H20ClN3O2S2/c1-5-6-15(8-7-14(3)4)19(16,17)10-9(2)13-11(12)18-10/h5-8H2,1-4H3. The summed E-state index contributed by atoms with van der Waals surface area (Å²) in [6.07, 6.45) is 0.776. The third-order valence-electron chi connectivity index (χ3n) is 2.57. The Kier molecular flexibility index (Phi) is 6.19. The normalized spacial score (nSPS) is 12.6. The largest absolute Gasteiger partial charge is 0.308 e. The molecule has 0 fully saturated rings. The van der Waals surface area contributed by atoms with Crippen molar-refractivity contribution in [3.05, 3.63) is 10.2 Å². The molecule has 5 nitrogen and oxygen atoms in total. The molecule has 0 N–H and O–H groups in total. The predicted octanol–water partition coefficient (Wildman–Crippen LogP) is 2.07. The Morgan fingerprint density at radius 2 is 1.89 bits per heavy atom. The van der Waals surface area contributed by atoms with Gasteiger partial charge in [-0.05, 0) is 27.4 Å². The van der Waals surface area contributed by atoms with Gasteiger partial charge in [-0.15, -0.1) is 0 Å². The van der Waals surface area contributed by atoms with E-state index in [1.54, 1.807) is 6.92 Å². The Balaban J connectivity index is 3.02. The lowest BCUT2D eigenvalue weighted by atomic mass is 10.4. The first-order valence-electron chi connectivity index (χ1n) is 6.06. The van der Waals surface area contributed by atoms with Crippen LogP contribution in [-0.4, -0.2) is 56.3 Å². The molecule has 0 spiro atoms. The maximum Gasteiger partial charge on any atom is 0.254 e. The number of rotatable bonds is 7. The zero-order valence-corrected chi connectivity index (χ0v) is 14.1. The van der Waals surface area contributed by atoms with Crippen molar-refractivity contribution in [2.24, 2.45) is 0 Å². The van der Waals surface area contributed by atoms with Crippen LogP contribution in [0.25, 0.3) is 0 Å². The van der Waals surface area contributed by atoms with Crippen LogP contribution in [0.3, 0.4) is 0 Å². The van der Waals surface area contributed by atoms with Crippen LogP contribution in [-0.2, 0) is 10.0 Å². The van der Waals surface area contributed by atoms with Gasteiger partial charge in [0.1, 0.15) is 0 Å². The van der Waals surface area contributed by atoms with Crippen LogP contribution in [0.5, 0.6) is 0 Å². The average molecular weight is 326 g/mol. The molecule has 0 aliphatic carbocycles. The Morgan fingerprint density at radius 3 is 2.32 bits per heavy atom. The van der Waals surface area contributed by atoms with Gasteiger partial charge in [-0.1, -0.05) is 29.9 Å². The van der Waals surface area contributed by atoms with E-state index in [0.29, 0.717) is 25.3 Å².